The number of hydrogen-bond acceptors (Lipinski definition) is 29. The van der Waals surface area contributed by atoms with Crippen LogP contribution in [0.4, 0.5) is 92.7 Å². The van der Waals surface area contributed by atoms with E-state index in [0.29, 0.717) is 167 Å². The molecule has 0 amide bonds. The largest absolute Gasteiger partial charge is 0.497 e. The van der Waals surface area contributed by atoms with Gasteiger partial charge < -0.3 is 82.7 Å². The van der Waals surface area contributed by atoms with Crippen molar-refractivity contribution in [2.45, 2.75) is 57.4 Å². The van der Waals surface area contributed by atoms with Gasteiger partial charge in [0.2, 0.25) is 41.0 Å². The van der Waals surface area contributed by atoms with Crippen molar-refractivity contribution in [2.75, 3.05) is 221 Å². The number of halogens is 10. The number of nitrogens with zero attached hydrogens (tertiary/aromatic N) is 22. The molecule has 6 aromatic rings. The number of aliphatic imine (C=N–C) groups is 2. The summed E-state index contributed by atoms with van der Waals surface area (Å²) in [6, 6.07) is 2.60. The fourth-order valence-electron chi connectivity index (χ4n) is 10.8. The summed E-state index contributed by atoms with van der Waals surface area (Å²) < 4.78 is 167. The Kier molecular flexibility index (Phi) is 26.2. The number of rotatable bonds is 13. The van der Waals surface area contributed by atoms with E-state index in [-0.39, 0.29) is 51.0 Å². The molecule has 0 unspecified atom stereocenters. The molecule has 570 valence electrons. The second-order valence-electron chi connectivity index (χ2n) is 25.7. The van der Waals surface area contributed by atoms with Crippen molar-refractivity contribution in [1.29, 1.82) is 0 Å². The average molecular weight is 1510 g/mol. The first kappa shape index (κ1) is 79.0. The van der Waals surface area contributed by atoms with Crippen LogP contribution >= 0.6 is 11.6 Å². The molecule has 105 heavy (non-hydrogen) atoms. The smallest absolute Gasteiger partial charge is 0.399 e. The van der Waals surface area contributed by atoms with Crippen molar-refractivity contribution < 1.29 is 77.2 Å². The molecule has 13 rings (SSSR count). The van der Waals surface area contributed by atoms with E-state index in [9.17, 15) is 39.5 Å². The number of hydrogen-bond donors (Lipinski definition) is 1. The number of alkyl halides is 9. The van der Waals surface area contributed by atoms with Crippen LogP contribution in [-0.4, -0.2) is 287 Å². The number of anilines is 7. The van der Waals surface area contributed by atoms with E-state index in [2.05, 4.69) is 79.6 Å². The monoisotopic (exact) mass is 1510 g/mol. The molecule has 7 aliphatic rings. The van der Waals surface area contributed by atoms with Crippen LogP contribution < -0.4 is 40.6 Å². The Morgan fingerprint density at radius 2 is 0.695 bits per heavy atom. The van der Waals surface area contributed by atoms with Crippen molar-refractivity contribution in [3.63, 3.8) is 0 Å². The van der Waals surface area contributed by atoms with Gasteiger partial charge in [0.15, 0.2) is 23.3 Å². The molecule has 6 aromatic heterocycles. The molecule has 0 aromatic carbocycles. The third kappa shape index (κ3) is 21.4. The first-order valence-corrected chi connectivity index (χ1v) is 33.9. The third-order valence-electron chi connectivity index (χ3n) is 17.1. The molecular formula is C63H82BClF9N23O8. The summed E-state index contributed by atoms with van der Waals surface area (Å²) in [5, 5.41) is 0.234. The SMILES string of the molecule is CN(C)C=Nc1cc(C(F)(F)F)c(-c2nc(N3CCOCC3)nc(N3CCOCC3)n2)cn1.CN(C)C=Nc1cc(C(F)(F)F)c(B2OC(C)(C)C(C)(C)O2)cn1.Clc1nc(N2CCOCC2)nc(N2CCOCC2)n1.Nc1cc(C(F)(F)F)c(-c2nc(N3CCOCC3)nc(N3CCOCC3)n2)cn1. The molecule has 0 radical (unpaired) electrons. The Labute approximate surface area is 604 Å². The summed E-state index contributed by atoms with van der Waals surface area (Å²) >= 11 is 6.01. The van der Waals surface area contributed by atoms with Gasteiger partial charge in [-0.3, -0.25) is 0 Å². The lowest BCUT2D eigenvalue weighted by Gasteiger charge is -2.32. The Balaban J connectivity index is 0.000000153. The van der Waals surface area contributed by atoms with Crippen molar-refractivity contribution in [1.82, 2.24) is 69.6 Å². The first-order valence-electron chi connectivity index (χ1n) is 33.5. The zero-order valence-corrected chi connectivity index (χ0v) is 59.9. The zero-order chi connectivity index (χ0) is 75.3. The van der Waals surface area contributed by atoms with Crippen LogP contribution in [0, 0.1) is 0 Å². The molecule has 7 fully saturated rings. The summed E-state index contributed by atoms with van der Waals surface area (Å²) in [7, 11) is 5.73. The lowest BCUT2D eigenvalue weighted by atomic mass is 9.77. The maximum absolute atomic E-state index is 14.0. The van der Waals surface area contributed by atoms with E-state index >= 15 is 0 Å². The summed E-state index contributed by atoms with van der Waals surface area (Å²) in [5.41, 5.74) is 0.710. The summed E-state index contributed by atoms with van der Waals surface area (Å²) in [6.45, 7) is 21.2. The van der Waals surface area contributed by atoms with Gasteiger partial charge in [-0.05, 0) is 57.5 Å². The van der Waals surface area contributed by atoms with Gasteiger partial charge in [-0.25, -0.2) is 24.9 Å². The molecule has 0 saturated carbocycles. The van der Waals surface area contributed by atoms with E-state index in [1.807, 2.05) is 19.6 Å². The molecule has 0 bridgehead atoms. The van der Waals surface area contributed by atoms with Gasteiger partial charge in [0, 0.05) is 131 Å². The lowest BCUT2D eigenvalue weighted by molar-refractivity contribution is -0.137. The van der Waals surface area contributed by atoms with E-state index in [1.165, 1.54) is 12.7 Å². The van der Waals surface area contributed by atoms with Gasteiger partial charge >= 0.3 is 25.6 Å². The van der Waals surface area contributed by atoms with E-state index in [4.69, 9.17) is 55.1 Å². The maximum Gasteiger partial charge on any atom is 0.497 e. The maximum atomic E-state index is 14.0. The summed E-state index contributed by atoms with van der Waals surface area (Å²) in [4.78, 5) is 74.1. The van der Waals surface area contributed by atoms with Crippen LogP contribution in [0.3, 0.4) is 0 Å². The standard InChI is InChI=1S/C20H25F3N8O2.C17H20F3N7O2.C15H21BF3N3O2.C11H16ClN5O2/c1-29(2)13-25-16-11-15(20(21,22)23)14(12-24-16)17-26-18(30-3-7-32-8-4-30)28-19(27-17)31-5-9-33-10-6-31;18-17(19,20)12-9-13(21)22-10-11(12)14-23-15(26-1-5-28-6-2-26)25-16(24-14)27-3-7-29-8-4-27;1-13(2)14(3,4)24-16(23-13)11-8-20-12(21-9-22(5)6)7-10(11)15(17,18)19;12-9-13-10(16-1-5-18-6-2-16)15-11(14-9)17-3-7-19-8-4-17/h11-13H,3-10H2,1-2H3;9-10H,1-8H2,(H2,21,22);7-9H,1-6H3;1-8H2. The minimum atomic E-state index is -4.65. The highest BCUT2D eigenvalue weighted by molar-refractivity contribution is 6.62. The number of aromatic nitrogens is 12. The van der Waals surface area contributed by atoms with Gasteiger partial charge in [0.1, 0.15) is 5.82 Å². The number of nitrogens with two attached hydrogens (primary N) is 1. The fraction of sp³-hybridized carbons (Fsp3) is 0.587. The van der Waals surface area contributed by atoms with E-state index in [0.717, 1.165) is 63.0 Å². The van der Waals surface area contributed by atoms with Crippen molar-refractivity contribution in [3.05, 3.63) is 58.8 Å². The minimum absolute atomic E-state index is 0.0312. The predicted octanol–water partition coefficient (Wildman–Crippen LogP) is 5.87. The van der Waals surface area contributed by atoms with Crippen molar-refractivity contribution >= 4 is 90.0 Å². The van der Waals surface area contributed by atoms with Gasteiger partial charge in [0.25, 0.3) is 0 Å². The molecule has 13 heterocycles. The molecule has 2 N–H and O–H groups in total. The van der Waals surface area contributed by atoms with Gasteiger partial charge in [-0.1, -0.05) is 0 Å². The number of ether oxygens (including phenoxy) is 6. The second kappa shape index (κ2) is 34.8. The number of morpholine rings is 6. The fourth-order valence-corrected chi connectivity index (χ4v) is 10.9. The molecule has 42 heteroatoms. The Morgan fingerprint density at radius 1 is 0.419 bits per heavy atom. The minimum Gasteiger partial charge on any atom is -0.399 e. The highest BCUT2D eigenvalue weighted by Gasteiger charge is 2.54. The highest BCUT2D eigenvalue weighted by atomic mass is 35.5. The van der Waals surface area contributed by atoms with Crippen LogP contribution in [0.2, 0.25) is 5.28 Å². The topological polar surface area (TPSA) is 305 Å². The third-order valence-corrected chi connectivity index (χ3v) is 17.2. The van der Waals surface area contributed by atoms with Crippen LogP contribution in [0.25, 0.3) is 22.8 Å². The zero-order valence-electron chi connectivity index (χ0n) is 59.1. The van der Waals surface area contributed by atoms with Gasteiger partial charge in [0.05, 0.1) is 131 Å². The van der Waals surface area contributed by atoms with E-state index in [1.54, 1.807) is 65.7 Å². The number of nitrogen functional groups attached to an aromatic ring is 1. The quantitative estimate of drug-likeness (QED) is 0.0611. The van der Waals surface area contributed by atoms with Gasteiger partial charge in [-0.15, -0.1) is 0 Å². The summed E-state index contributed by atoms with van der Waals surface area (Å²) in [6.07, 6.45) is -7.78. The lowest BCUT2D eigenvalue weighted by Crippen LogP contribution is -2.41. The van der Waals surface area contributed by atoms with Crippen LogP contribution in [0.15, 0.2) is 46.8 Å². The second-order valence-corrected chi connectivity index (χ2v) is 26.0. The molecule has 7 aliphatic heterocycles. The molecule has 0 aliphatic carbocycles. The molecule has 0 spiro atoms. The molecule has 31 nitrogen and oxygen atoms in total. The highest BCUT2D eigenvalue weighted by Crippen LogP contribution is 2.41. The van der Waals surface area contributed by atoms with Crippen molar-refractivity contribution in [2.24, 2.45) is 9.98 Å². The molecular weight excluding hydrogens is 1420 g/mol. The predicted molar refractivity (Wildman–Crippen MR) is 372 cm³/mol. The van der Waals surface area contributed by atoms with Crippen LogP contribution in [-0.2, 0) is 56.3 Å². The normalized spacial score (nSPS) is 18.9. The Hall–Kier alpha value is -8.58. The van der Waals surface area contributed by atoms with Gasteiger partial charge in [-0.2, -0.15) is 84.4 Å². The Morgan fingerprint density at radius 3 is 1.00 bits per heavy atom. The molecule has 0 atom stereocenters. The first-order chi connectivity index (χ1) is 49.9. The van der Waals surface area contributed by atoms with Crippen LogP contribution in [0.1, 0.15) is 44.4 Å². The Bertz CT molecular complexity index is 3790. The number of pyridine rings is 3. The molecule has 7 saturated heterocycles. The summed E-state index contributed by atoms with van der Waals surface area (Å²) in [5.74, 6) is 2.01. The average Bonchev–Trinajstić information content (AvgIpc) is 1.62. The van der Waals surface area contributed by atoms with Crippen molar-refractivity contribution in [3.8, 4) is 22.8 Å². The van der Waals surface area contributed by atoms with Crippen LogP contribution in [0.5, 0.6) is 0 Å². The van der Waals surface area contributed by atoms with E-state index < -0.39 is 53.5 Å².